The molecule has 0 amide bonds. The van der Waals surface area contributed by atoms with Crippen LogP contribution >= 0.6 is 0 Å². The molecule has 0 fully saturated rings. The Labute approximate surface area is 245 Å². The van der Waals surface area contributed by atoms with Crippen molar-refractivity contribution in [1.29, 1.82) is 0 Å². The second-order valence-electron chi connectivity index (χ2n) is 11.7. The lowest BCUT2D eigenvalue weighted by Gasteiger charge is -2.37. The molecular weight excluding hydrogens is 516 g/mol. The molecule has 42 heavy (non-hydrogen) atoms. The average Bonchev–Trinajstić information content (AvgIpc) is 3.88. The molecule has 210 valence electrons. The molecule has 6 N–H and O–H groups in total. The molecule has 0 radical (unpaired) electrons. The Morgan fingerprint density at radius 1 is 0.333 bits per heavy atom. The van der Waals surface area contributed by atoms with E-state index < -0.39 is 16.2 Å². The molecule has 6 aromatic heterocycles. The summed E-state index contributed by atoms with van der Waals surface area (Å²) in [6.45, 7) is 6.90. The van der Waals surface area contributed by atoms with E-state index in [4.69, 9.17) is 0 Å². The Kier molecular flexibility index (Phi) is 6.01. The van der Waals surface area contributed by atoms with Crippen LogP contribution in [0.5, 0.6) is 0 Å². The van der Waals surface area contributed by atoms with Crippen molar-refractivity contribution in [3.05, 3.63) is 179 Å². The molecule has 0 atom stereocenters. The molecule has 1 aromatic carbocycles. The Bertz CT molecular complexity index is 1500. The van der Waals surface area contributed by atoms with Gasteiger partial charge in [0.2, 0.25) is 0 Å². The molecule has 7 rings (SSSR count). The smallest absolute Gasteiger partial charge is 0.0723 e. The fourth-order valence-electron chi connectivity index (χ4n) is 6.71. The van der Waals surface area contributed by atoms with Crippen molar-refractivity contribution in [3.63, 3.8) is 0 Å². The van der Waals surface area contributed by atoms with Crippen LogP contribution < -0.4 is 0 Å². The summed E-state index contributed by atoms with van der Waals surface area (Å²) in [6.07, 6.45) is 12.0. The van der Waals surface area contributed by atoms with Crippen LogP contribution in [0.4, 0.5) is 0 Å². The van der Waals surface area contributed by atoms with Gasteiger partial charge in [0.1, 0.15) is 0 Å². The molecule has 0 aliphatic heterocycles. The van der Waals surface area contributed by atoms with Gasteiger partial charge in [-0.2, -0.15) is 0 Å². The average molecular weight is 553 g/mol. The Morgan fingerprint density at radius 2 is 0.524 bits per heavy atom. The number of aromatic amines is 6. The van der Waals surface area contributed by atoms with Gasteiger partial charge in [-0.25, -0.2) is 0 Å². The molecule has 0 aliphatic carbocycles. The van der Waals surface area contributed by atoms with Crippen molar-refractivity contribution in [3.8, 4) is 0 Å². The first-order chi connectivity index (χ1) is 20.4. The number of hydrogen-bond donors (Lipinski definition) is 6. The van der Waals surface area contributed by atoms with Gasteiger partial charge < -0.3 is 29.9 Å². The maximum atomic E-state index is 3.55. The molecule has 0 spiro atoms. The lowest BCUT2D eigenvalue weighted by molar-refractivity contribution is 0.608. The number of H-pyrrole nitrogens is 6. The zero-order chi connectivity index (χ0) is 28.8. The highest BCUT2D eigenvalue weighted by Crippen LogP contribution is 2.46. The van der Waals surface area contributed by atoms with Crippen molar-refractivity contribution in [2.45, 2.75) is 37.0 Å². The van der Waals surface area contributed by atoms with Crippen molar-refractivity contribution in [1.82, 2.24) is 29.9 Å². The quantitative estimate of drug-likeness (QED) is 0.106. The molecule has 7 aromatic rings. The summed E-state index contributed by atoms with van der Waals surface area (Å²) >= 11 is 0. The van der Waals surface area contributed by atoms with E-state index in [0.29, 0.717) is 0 Å². The third-order valence-electron chi connectivity index (χ3n) is 9.48. The predicted octanol–water partition coefficient (Wildman–Crippen LogP) is 7.72. The monoisotopic (exact) mass is 552 g/mol. The van der Waals surface area contributed by atoms with Gasteiger partial charge in [-0.15, -0.1) is 0 Å². The van der Waals surface area contributed by atoms with Crippen LogP contribution in [-0.2, 0) is 16.2 Å². The highest BCUT2D eigenvalue weighted by atomic mass is 14.8. The maximum absolute atomic E-state index is 3.55. The van der Waals surface area contributed by atoms with Crippen LogP contribution in [0.3, 0.4) is 0 Å². The van der Waals surface area contributed by atoms with Gasteiger partial charge in [0.15, 0.2) is 0 Å². The van der Waals surface area contributed by atoms with E-state index in [9.17, 15) is 0 Å². The second kappa shape index (κ2) is 9.77. The van der Waals surface area contributed by atoms with Crippen molar-refractivity contribution in [2.24, 2.45) is 0 Å². The lowest BCUT2D eigenvalue weighted by atomic mass is 9.67. The van der Waals surface area contributed by atoms with Crippen LogP contribution in [0.1, 0.15) is 71.6 Å². The van der Waals surface area contributed by atoms with E-state index in [0.717, 1.165) is 34.2 Å². The van der Waals surface area contributed by atoms with E-state index in [2.05, 4.69) is 142 Å². The highest BCUT2D eigenvalue weighted by Gasteiger charge is 2.41. The minimum atomic E-state index is -0.476. The fourth-order valence-corrected chi connectivity index (χ4v) is 6.71. The number of rotatable bonds is 9. The van der Waals surface area contributed by atoms with Gasteiger partial charge in [-0.1, -0.05) is 18.2 Å². The van der Waals surface area contributed by atoms with E-state index in [-0.39, 0.29) is 0 Å². The number of nitrogens with one attached hydrogen (secondary N) is 6. The summed E-state index contributed by atoms with van der Waals surface area (Å²) in [7, 11) is 0. The van der Waals surface area contributed by atoms with E-state index in [1.54, 1.807) is 0 Å². The molecular formula is C36H36N6. The third kappa shape index (κ3) is 3.79. The Morgan fingerprint density at radius 3 is 0.667 bits per heavy atom. The van der Waals surface area contributed by atoms with Crippen molar-refractivity contribution < 1.29 is 0 Å². The van der Waals surface area contributed by atoms with Crippen LogP contribution in [-0.4, -0.2) is 29.9 Å². The normalized spacial score (nSPS) is 12.6. The first kappa shape index (κ1) is 25.8. The molecule has 0 saturated carbocycles. The Balaban J connectivity index is 1.58. The number of aromatic nitrogens is 6. The molecule has 0 saturated heterocycles. The Hall–Kier alpha value is -5.10. The topological polar surface area (TPSA) is 94.7 Å². The van der Waals surface area contributed by atoms with Crippen LogP contribution in [0.2, 0.25) is 0 Å². The van der Waals surface area contributed by atoms with Gasteiger partial charge in [0, 0.05) is 71.3 Å². The zero-order valence-corrected chi connectivity index (χ0v) is 24.1. The van der Waals surface area contributed by atoms with Crippen LogP contribution in [0.15, 0.2) is 128 Å². The maximum Gasteiger partial charge on any atom is 0.0723 e. The molecule has 0 aliphatic rings. The van der Waals surface area contributed by atoms with Crippen molar-refractivity contribution in [2.75, 3.05) is 0 Å². The van der Waals surface area contributed by atoms with E-state index in [1.165, 1.54) is 16.7 Å². The summed E-state index contributed by atoms with van der Waals surface area (Å²) in [5.74, 6) is 0. The first-order valence-corrected chi connectivity index (χ1v) is 14.4. The first-order valence-electron chi connectivity index (χ1n) is 14.4. The summed E-state index contributed by atoms with van der Waals surface area (Å²) in [6, 6.07) is 32.7. The standard InChI is InChI=1S/C36H36N6/c1-34(28-10-4-16-37-28,29-11-5-17-38-29)25-22-26(35(2,30-12-6-18-39-30)31-13-7-19-40-31)24-27(23-25)36(3,32-14-8-20-41-32)33-15-9-21-42-33/h4-24,37-42H,1-3H3. The number of benzene rings is 1. The summed E-state index contributed by atoms with van der Waals surface area (Å²) < 4.78 is 0. The van der Waals surface area contributed by atoms with E-state index in [1.807, 2.05) is 37.2 Å². The molecule has 0 bridgehead atoms. The second-order valence-corrected chi connectivity index (χ2v) is 11.7. The molecule has 6 heterocycles. The van der Waals surface area contributed by atoms with Gasteiger partial charge in [-0.3, -0.25) is 0 Å². The third-order valence-corrected chi connectivity index (χ3v) is 9.48. The predicted molar refractivity (Wildman–Crippen MR) is 168 cm³/mol. The lowest BCUT2D eigenvalue weighted by Crippen LogP contribution is -2.33. The summed E-state index contributed by atoms with van der Waals surface area (Å²) in [5, 5.41) is 0. The zero-order valence-electron chi connectivity index (χ0n) is 24.1. The summed E-state index contributed by atoms with van der Waals surface area (Å²) in [5.41, 5.74) is 8.87. The van der Waals surface area contributed by atoms with Crippen LogP contribution in [0.25, 0.3) is 0 Å². The largest absolute Gasteiger partial charge is 0.364 e. The van der Waals surface area contributed by atoms with Crippen molar-refractivity contribution >= 4 is 0 Å². The highest BCUT2D eigenvalue weighted by molar-refractivity contribution is 5.57. The fraction of sp³-hybridized carbons (Fsp3) is 0.167. The van der Waals surface area contributed by atoms with Gasteiger partial charge in [-0.05, 0) is 110 Å². The van der Waals surface area contributed by atoms with Crippen LogP contribution in [0, 0.1) is 0 Å². The molecule has 0 unspecified atom stereocenters. The minimum Gasteiger partial charge on any atom is -0.364 e. The van der Waals surface area contributed by atoms with Gasteiger partial charge in [0.25, 0.3) is 0 Å². The molecule has 6 nitrogen and oxygen atoms in total. The SMILES string of the molecule is CC(c1cc(C(C)(c2ccc[nH]2)c2ccc[nH]2)cc(C(C)(c2ccc[nH]2)c2ccc[nH]2)c1)(c1ccc[nH]1)c1ccc[nH]1. The number of hydrogen-bond acceptors (Lipinski definition) is 0. The molecule has 6 heteroatoms. The van der Waals surface area contributed by atoms with E-state index >= 15 is 0 Å². The van der Waals surface area contributed by atoms with Gasteiger partial charge >= 0.3 is 0 Å². The summed E-state index contributed by atoms with van der Waals surface area (Å²) in [4.78, 5) is 21.3. The van der Waals surface area contributed by atoms with Gasteiger partial charge in [0.05, 0.1) is 16.2 Å². The minimum absolute atomic E-state index is 0.476.